The number of nitrogens with zero attached hydrogens (tertiary/aromatic N) is 4. The fraction of sp³-hybridized carbons (Fsp3) is 0.273. The van der Waals surface area contributed by atoms with Crippen molar-refractivity contribution in [2.45, 2.75) is 13.0 Å². The van der Waals surface area contributed by atoms with E-state index in [9.17, 15) is 0 Å². The second-order valence-corrected chi connectivity index (χ2v) is 3.51. The van der Waals surface area contributed by atoms with Crippen molar-refractivity contribution in [1.29, 1.82) is 0 Å². The lowest BCUT2D eigenvalue weighted by atomic mass is 10.1. The average Bonchev–Trinajstić information content (AvgIpc) is 2.39. The maximum absolute atomic E-state index is 6.06. The molecule has 0 amide bonds. The Morgan fingerprint density at radius 1 is 1.12 bits per heavy atom. The Morgan fingerprint density at radius 3 is 2.53 bits per heavy atom. The van der Waals surface area contributed by atoms with Crippen LogP contribution in [0.1, 0.15) is 23.1 Å². The van der Waals surface area contributed by atoms with Gasteiger partial charge in [0, 0.05) is 18.6 Å². The van der Waals surface area contributed by atoms with Gasteiger partial charge in [0.15, 0.2) is 0 Å². The Bertz CT molecular complexity index is 499. The quantitative estimate of drug-likeness (QED) is 0.833. The summed E-state index contributed by atoms with van der Waals surface area (Å²) in [6.07, 6.45) is 6.42. The zero-order valence-electron chi connectivity index (χ0n) is 9.66. The lowest BCUT2D eigenvalue weighted by molar-refractivity contribution is 0.386. The Hall–Kier alpha value is -2.08. The molecule has 0 aliphatic heterocycles. The molecular weight excluding hydrogens is 218 g/mol. The highest BCUT2D eigenvalue weighted by molar-refractivity contribution is 5.27. The maximum Gasteiger partial charge on any atom is 0.237 e. The molecule has 0 aromatic carbocycles. The van der Waals surface area contributed by atoms with Crippen LogP contribution in [0.25, 0.3) is 0 Å². The van der Waals surface area contributed by atoms with Crippen LogP contribution < -0.4 is 10.5 Å². The number of hydrogen-bond donors (Lipinski definition) is 1. The summed E-state index contributed by atoms with van der Waals surface area (Å²) in [5, 5.41) is 0. The van der Waals surface area contributed by atoms with Crippen LogP contribution >= 0.6 is 0 Å². The van der Waals surface area contributed by atoms with E-state index >= 15 is 0 Å². The molecule has 0 bridgehead atoms. The molecule has 0 saturated carbocycles. The summed E-state index contributed by atoms with van der Waals surface area (Å²) in [6, 6.07) is -0.494. The fourth-order valence-corrected chi connectivity index (χ4v) is 1.41. The highest BCUT2D eigenvalue weighted by Crippen LogP contribution is 2.21. The predicted molar refractivity (Wildman–Crippen MR) is 61.4 cm³/mol. The van der Waals surface area contributed by atoms with Crippen molar-refractivity contribution in [2.24, 2.45) is 5.73 Å². The standard InChI is InChI=1S/C11H13N5O/c1-7-5-16-8(6-15-7)9(12)10-11(17-2)14-4-3-13-10/h3-6,9H,12H2,1-2H3. The van der Waals surface area contributed by atoms with Crippen LogP contribution in [0.2, 0.25) is 0 Å². The summed E-state index contributed by atoms with van der Waals surface area (Å²) in [5.74, 6) is 0.405. The van der Waals surface area contributed by atoms with Crippen molar-refractivity contribution in [2.75, 3.05) is 7.11 Å². The van der Waals surface area contributed by atoms with Gasteiger partial charge in [0.1, 0.15) is 5.69 Å². The van der Waals surface area contributed by atoms with Gasteiger partial charge in [0.05, 0.1) is 30.7 Å². The topological polar surface area (TPSA) is 86.8 Å². The first-order valence-corrected chi connectivity index (χ1v) is 5.11. The number of aryl methyl sites for hydroxylation is 1. The number of aromatic nitrogens is 4. The molecule has 0 spiro atoms. The fourth-order valence-electron chi connectivity index (χ4n) is 1.41. The first-order chi connectivity index (χ1) is 8.22. The molecule has 1 unspecified atom stereocenters. The zero-order chi connectivity index (χ0) is 12.3. The smallest absolute Gasteiger partial charge is 0.237 e. The van der Waals surface area contributed by atoms with Crippen molar-refractivity contribution < 1.29 is 4.74 Å². The molecule has 0 fully saturated rings. The average molecular weight is 231 g/mol. The number of ether oxygens (including phenoxy) is 1. The third-order valence-electron chi connectivity index (χ3n) is 2.30. The Balaban J connectivity index is 2.36. The van der Waals surface area contributed by atoms with Gasteiger partial charge in [-0.25, -0.2) is 4.98 Å². The molecule has 6 nitrogen and oxygen atoms in total. The highest BCUT2D eigenvalue weighted by Gasteiger charge is 2.17. The number of rotatable bonds is 3. The second-order valence-electron chi connectivity index (χ2n) is 3.51. The molecule has 1 atom stereocenters. The van der Waals surface area contributed by atoms with Crippen molar-refractivity contribution in [1.82, 2.24) is 19.9 Å². The number of methoxy groups -OCH3 is 1. The number of hydrogen-bond acceptors (Lipinski definition) is 6. The summed E-state index contributed by atoms with van der Waals surface area (Å²) < 4.78 is 5.11. The van der Waals surface area contributed by atoms with Gasteiger partial charge < -0.3 is 10.5 Å². The van der Waals surface area contributed by atoms with Crippen molar-refractivity contribution in [3.05, 3.63) is 41.9 Å². The summed E-state index contributed by atoms with van der Waals surface area (Å²) in [6.45, 7) is 1.87. The van der Waals surface area contributed by atoms with Crippen LogP contribution in [-0.4, -0.2) is 27.0 Å². The molecule has 2 aromatic rings. The van der Waals surface area contributed by atoms with Crippen LogP contribution in [0.15, 0.2) is 24.8 Å². The summed E-state index contributed by atoms with van der Waals surface area (Å²) in [4.78, 5) is 16.6. The predicted octanol–water partition coefficient (Wildman–Crippen LogP) is 0.632. The van der Waals surface area contributed by atoms with E-state index in [1.54, 1.807) is 24.8 Å². The van der Waals surface area contributed by atoms with Crippen LogP contribution in [-0.2, 0) is 0 Å². The van der Waals surface area contributed by atoms with E-state index in [-0.39, 0.29) is 0 Å². The molecule has 0 aliphatic rings. The molecule has 0 aliphatic carbocycles. The maximum atomic E-state index is 6.06. The summed E-state index contributed by atoms with van der Waals surface area (Å²) in [5.41, 5.74) is 8.08. The van der Waals surface area contributed by atoms with Gasteiger partial charge in [0.25, 0.3) is 0 Å². The van der Waals surface area contributed by atoms with Gasteiger partial charge in [-0.05, 0) is 6.92 Å². The van der Waals surface area contributed by atoms with E-state index in [1.165, 1.54) is 7.11 Å². The molecule has 88 valence electrons. The van der Waals surface area contributed by atoms with Crippen molar-refractivity contribution in [3.63, 3.8) is 0 Å². The van der Waals surface area contributed by atoms with E-state index in [2.05, 4.69) is 19.9 Å². The normalized spacial score (nSPS) is 12.2. The molecule has 17 heavy (non-hydrogen) atoms. The van der Waals surface area contributed by atoms with Gasteiger partial charge in [-0.3, -0.25) is 15.0 Å². The molecule has 2 rings (SSSR count). The van der Waals surface area contributed by atoms with Gasteiger partial charge in [-0.2, -0.15) is 0 Å². The van der Waals surface area contributed by atoms with Crippen LogP contribution in [0, 0.1) is 6.92 Å². The first-order valence-electron chi connectivity index (χ1n) is 5.11. The molecule has 2 N–H and O–H groups in total. The van der Waals surface area contributed by atoms with E-state index in [1.807, 2.05) is 6.92 Å². The third kappa shape index (κ3) is 2.36. The highest BCUT2D eigenvalue weighted by atomic mass is 16.5. The van der Waals surface area contributed by atoms with E-state index in [0.717, 1.165) is 5.69 Å². The Labute approximate surface area is 98.9 Å². The minimum atomic E-state index is -0.494. The second kappa shape index (κ2) is 4.84. The molecule has 6 heteroatoms. The van der Waals surface area contributed by atoms with E-state index < -0.39 is 6.04 Å². The molecule has 2 aromatic heterocycles. The van der Waals surface area contributed by atoms with Gasteiger partial charge in [-0.1, -0.05) is 0 Å². The van der Waals surface area contributed by atoms with Crippen LogP contribution in [0.5, 0.6) is 5.88 Å². The number of nitrogens with two attached hydrogens (primary N) is 1. The monoisotopic (exact) mass is 231 g/mol. The Kier molecular flexibility index (Phi) is 3.24. The van der Waals surface area contributed by atoms with Gasteiger partial charge in [0.2, 0.25) is 5.88 Å². The first kappa shape index (κ1) is 11.4. The Morgan fingerprint density at radius 2 is 1.88 bits per heavy atom. The minimum Gasteiger partial charge on any atom is -0.480 e. The molecule has 2 heterocycles. The summed E-state index contributed by atoms with van der Waals surface area (Å²) in [7, 11) is 1.53. The SMILES string of the molecule is COc1nccnc1C(N)c1cnc(C)cn1. The molecule has 0 radical (unpaired) electrons. The summed E-state index contributed by atoms with van der Waals surface area (Å²) >= 11 is 0. The largest absolute Gasteiger partial charge is 0.480 e. The molecule has 0 saturated heterocycles. The van der Waals surface area contributed by atoms with Crippen LogP contribution in [0.4, 0.5) is 0 Å². The zero-order valence-corrected chi connectivity index (χ0v) is 9.66. The van der Waals surface area contributed by atoms with Gasteiger partial charge >= 0.3 is 0 Å². The van der Waals surface area contributed by atoms with Gasteiger partial charge in [-0.15, -0.1) is 0 Å². The van der Waals surface area contributed by atoms with Crippen molar-refractivity contribution in [3.8, 4) is 5.88 Å². The van der Waals surface area contributed by atoms with E-state index in [4.69, 9.17) is 10.5 Å². The van der Waals surface area contributed by atoms with Crippen LogP contribution in [0.3, 0.4) is 0 Å². The van der Waals surface area contributed by atoms with E-state index in [0.29, 0.717) is 17.3 Å². The molecular formula is C11H13N5O. The third-order valence-corrected chi connectivity index (χ3v) is 2.30. The lowest BCUT2D eigenvalue weighted by Crippen LogP contribution is -2.17. The minimum absolute atomic E-state index is 0.405. The lowest BCUT2D eigenvalue weighted by Gasteiger charge is -2.12. The van der Waals surface area contributed by atoms with Crippen molar-refractivity contribution >= 4 is 0 Å².